The van der Waals surface area contributed by atoms with Gasteiger partial charge in [-0.3, -0.25) is 9.59 Å². The lowest BCUT2D eigenvalue weighted by atomic mass is 9.67. The molecule has 1 amide bonds. The van der Waals surface area contributed by atoms with Crippen molar-refractivity contribution in [3.63, 3.8) is 0 Å². The average molecular weight is 355 g/mol. The highest BCUT2D eigenvalue weighted by molar-refractivity contribution is 6.16. The predicted octanol–water partition coefficient (Wildman–Crippen LogP) is 4.18. The molecule has 1 aliphatic rings. The van der Waals surface area contributed by atoms with E-state index in [4.69, 9.17) is 0 Å². The van der Waals surface area contributed by atoms with Crippen LogP contribution in [0.3, 0.4) is 0 Å². The van der Waals surface area contributed by atoms with Crippen LogP contribution in [0, 0.1) is 17.2 Å². The molecule has 1 heterocycles. The van der Waals surface area contributed by atoms with E-state index in [9.17, 15) is 19.1 Å². The zero-order valence-electron chi connectivity index (χ0n) is 15.1. The number of benzene rings is 2. The van der Waals surface area contributed by atoms with E-state index >= 15 is 0 Å². The second-order valence-corrected chi connectivity index (χ2v) is 7.54. The number of phenolic OH excluding ortho intramolecular Hbond substituents is 1. The number of anilines is 1. The number of aromatic hydroxyl groups is 1. The van der Waals surface area contributed by atoms with Crippen LogP contribution in [-0.4, -0.2) is 22.8 Å². The van der Waals surface area contributed by atoms with Crippen molar-refractivity contribution in [3.8, 4) is 5.75 Å². The van der Waals surface area contributed by atoms with Crippen LogP contribution in [-0.2, 0) is 4.79 Å². The number of hydrogen-bond acceptors (Lipinski definition) is 3. The quantitative estimate of drug-likeness (QED) is 0.664. The summed E-state index contributed by atoms with van der Waals surface area (Å²) in [6, 6.07) is 11.8. The lowest BCUT2D eigenvalue weighted by molar-refractivity contribution is -0.127. The van der Waals surface area contributed by atoms with Gasteiger partial charge in [0.2, 0.25) is 5.91 Å². The maximum Gasteiger partial charge on any atom is 0.238 e. The Morgan fingerprint density at radius 1 is 1.15 bits per heavy atom. The minimum Gasteiger partial charge on any atom is -0.507 e. The molecule has 1 fully saturated rings. The first kappa shape index (κ1) is 18.1. The third-order valence-electron chi connectivity index (χ3n) is 5.06. The Bertz CT molecular complexity index is 845. The van der Waals surface area contributed by atoms with Gasteiger partial charge in [-0.1, -0.05) is 26.0 Å². The van der Waals surface area contributed by atoms with E-state index in [1.807, 2.05) is 20.8 Å². The summed E-state index contributed by atoms with van der Waals surface area (Å²) in [6.45, 7) is 5.71. The topological polar surface area (TPSA) is 57.6 Å². The summed E-state index contributed by atoms with van der Waals surface area (Å²) in [6.07, 6.45) is 0.611. The maximum atomic E-state index is 13.3. The Labute approximate surface area is 152 Å². The molecule has 1 saturated heterocycles. The summed E-state index contributed by atoms with van der Waals surface area (Å²) in [5, 5.41) is 10.0. The molecular formula is C21H22FNO3. The van der Waals surface area contributed by atoms with Crippen molar-refractivity contribution < 1.29 is 19.1 Å². The molecule has 0 spiro atoms. The highest BCUT2D eigenvalue weighted by atomic mass is 19.1. The molecule has 2 unspecified atom stereocenters. The summed E-state index contributed by atoms with van der Waals surface area (Å²) in [7, 11) is 0. The predicted molar refractivity (Wildman–Crippen MR) is 97.7 cm³/mol. The van der Waals surface area contributed by atoms with Gasteiger partial charge >= 0.3 is 0 Å². The second kappa shape index (κ2) is 6.56. The lowest BCUT2D eigenvalue weighted by Gasteiger charge is -2.46. The molecule has 0 bridgehead atoms. The third-order valence-corrected chi connectivity index (χ3v) is 5.06. The summed E-state index contributed by atoms with van der Waals surface area (Å²) >= 11 is 0. The first-order valence-corrected chi connectivity index (χ1v) is 8.63. The number of piperidine rings is 1. The van der Waals surface area contributed by atoms with Gasteiger partial charge in [0.15, 0.2) is 5.78 Å². The van der Waals surface area contributed by atoms with E-state index in [1.165, 1.54) is 24.3 Å². The monoisotopic (exact) mass is 355 g/mol. The summed E-state index contributed by atoms with van der Waals surface area (Å²) in [5.74, 6) is -2.15. The SMILES string of the molecule is CC1CC(C)(C)C(C(=O)c2ccccc2O)C(=O)N1c1ccc(F)cc1. The van der Waals surface area contributed by atoms with Gasteiger partial charge in [-0.05, 0) is 55.2 Å². The van der Waals surface area contributed by atoms with E-state index in [1.54, 1.807) is 29.2 Å². The lowest BCUT2D eigenvalue weighted by Crippen LogP contribution is -2.56. The van der Waals surface area contributed by atoms with Gasteiger partial charge in [0, 0.05) is 11.7 Å². The molecule has 0 aliphatic carbocycles. The molecule has 4 nitrogen and oxygen atoms in total. The Morgan fingerprint density at radius 2 is 1.77 bits per heavy atom. The number of halogens is 1. The molecule has 0 aromatic heterocycles. The largest absolute Gasteiger partial charge is 0.507 e. The fourth-order valence-electron chi connectivity index (χ4n) is 3.95. The Morgan fingerprint density at radius 3 is 2.38 bits per heavy atom. The number of Topliss-reactive ketones (excluding diaryl/α,β-unsaturated/α-hetero) is 1. The molecule has 2 aromatic rings. The molecule has 2 aromatic carbocycles. The Hall–Kier alpha value is -2.69. The molecule has 1 N–H and O–H groups in total. The molecule has 2 atom stereocenters. The van der Waals surface area contributed by atoms with E-state index in [2.05, 4.69) is 0 Å². The van der Waals surface area contributed by atoms with Gasteiger partial charge in [0.1, 0.15) is 17.5 Å². The Balaban J connectivity index is 2.03. The molecule has 5 heteroatoms. The van der Waals surface area contributed by atoms with Crippen molar-refractivity contribution in [2.24, 2.45) is 11.3 Å². The van der Waals surface area contributed by atoms with Crippen LogP contribution in [0.25, 0.3) is 0 Å². The number of nitrogens with zero attached hydrogens (tertiary/aromatic N) is 1. The number of ketones is 1. The number of phenols is 1. The van der Waals surface area contributed by atoms with Gasteiger partial charge in [0.25, 0.3) is 0 Å². The standard InChI is InChI=1S/C21H22FNO3/c1-13-12-21(2,3)18(19(25)16-6-4-5-7-17(16)24)20(26)23(13)15-10-8-14(22)9-11-15/h4-11,13,18,24H,12H2,1-3H3. The molecule has 0 saturated carbocycles. The summed E-state index contributed by atoms with van der Waals surface area (Å²) in [5.41, 5.74) is 0.147. The van der Waals surface area contributed by atoms with Crippen LogP contribution in [0.4, 0.5) is 10.1 Å². The van der Waals surface area contributed by atoms with Crippen LogP contribution in [0.15, 0.2) is 48.5 Å². The average Bonchev–Trinajstić information content (AvgIpc) is 2.55. The smallest absolute Gasteiger partial charge is 0.238 e. The molecule has 3 rings (SSSR count). The van der Waals surface area contributed by atoms with Gasteiger partial charge in [-0.25, -0.2) is 4.39 Å². The van der Waals surface area contributed by atoms with Gasteiger partial charge in [0.05, 0.1) is 5.56 Å². The van der Waals surface area contributed by atoms with E-state index in [0.29, 0.717) is 12.1 Å². The highest BCUT2D eigenvalue weighted by Crippen LogP contribution is 2.43. The van der Waals surface area contributed by atoms with Gasteiger partial charge in [-0.2, -0.15) is 0 Å². The molecular weight excluding hydrogens is 333 g/mol. The number of amides is 1. The van der Waals surface area contributed by atoms with Crippen molar-refractivity contribution >= 4 is 17.4 Å². The van der Waals surface area contributed by atoms with Crippen LogP contribution >= 0.6 is 0 Å². The van der Waals surface area contributed by atoms with E-state index in [-0.39, 0.29) is 29.1 Å². The number of hydrogen-bond donors (Lipinski definition) is 1. The van der Waals surface area contributed by atoms with E-state index < -0.39 is 17.1 Å². The number of para-hydroxylation sites is 1. The van der Waals surface area contributed by atoms with Crippen LogP contribution < -0.4 is 4.90 Å². The van der Waals surface area contributed by atoms with Crippen LogP contribution in [0.5, 0.6) is 5.75 Å². The first-order chi connectivity index (χ1) is 12.2. The molecule has 136 valence electrons. The fourth-order valence-corrected chi connectivity index (χ4v) is 3.95. The molecule has 0 radical (unpaired) electrons. The van der Waals surface area contributed by atoms with Crippen molar-refractivity contribution in [3.05, 3.63) is 59.9 Å². The van der Waals surface area contributed by atoms with E-state index in [0.717, 1.165) is 0 Å². The summed E-state index contributed by atoms with van der Waals surface area (Å²) < 4.78 is 13.3. The molecule has 1 aliphatic heterocycles. The maximum absolute atomic E-state index is 13.3. The van der Waals surface area contributed by atoms with Crippen LogP contribution in [0.1, 0.15) is 37.6 Å². The minimum absolute atomic E-state index is 0.128. The number of rotatable bonds is 3. The van der Waals surface area contributed by atoms with Crippen molar-refractivity contribution in [1.29, 1.82) is 0 Å². The van der Waals surface area contributed by atoms with Gasteiger partial charge < -0.3 is 10.0 Å². The van der Waals surface area contributed by atoms with Crippen LogP contribution in [0.2, 0.25) is 0 Å². The number of carbonyl (C=O) groups excluding carboxylic acids is 2. The van der Waals surface area contributed by atoms with Crippen molar-refractivity contribution in [1.82, 2.24) is 0 Å². The van der Waals surface area contributed by atoms with Gasteiger partial charge in [-0.15, -0.1) is 0 Å². The molecule has 26 heavy (non-hydrogen) atoms. The number of carbonyl (C=O) groups is 2. The normalized spacial score (nSPS) is 22.3. The fraction of sp³-hybridized carbons (Fsp3) is 0.333. The van der Waals surface area contributed by atoms with Crippen molar-refractivity contribution in [2.75, 3.05) is 4.90 Å². The minimum atomic E-state index is -0.919. The zero-order valence-corrected chi connectivity index (χ0v) is 15.1. The Kier molecular flexibility index (Phi) is 4.57. The first-order valence-electron chi connectivity index (χ1n) is 8.63. The second-order valence-electron chi connectivity index (χ2n) is 7.54. The van der Waals surface area contributed by atoms with Crippen molar-refractivity contribution in [2.45, 2.75) is 33.2 Å². The third kappa shape index (κ3) is 3.09. The summed E-state index contributed by atoms with van der Waals surface area (Å²) in [4.78, 5) is 28.0. The highest BCUT2D eigenvalue weighted by Gasteiger charge is 2.49. The zero-order chi connectivity index (χ0) is 19.1.